The predicted octanol–water partition coefficient (Wildman–Crippen LogP) is 4.41. The molecule has 3 heterocycles. The van der Waals surface area contributed by atoms with E-state index in [2.05, 4.69) is 5.92 Å². The van der Waals surface area contributed by atoms with Crippen molar-refractivity contribution < 1.29 is 0 Å². The third-order valence-corrected chi connectivity index (χ3v) is 5.79. The number of hydrogen-bond donors (Lipinski definition) is 0. The van der Waals surface area contributed by atoms with Gasteiger partial charge in [0.15, 0.2) is 0 Å². The summed E-state index contributed by atoms with van der Waals surface area (Å²) in [6.45, 7) is 0.226. The van der Waals surface area contributed by atoms with Crippen LogP contribution >= 0.6 is 22.7 Å². The van der Waals surface area contributed by atoms with Gasteiger partial charge in [0.25, 0.3) is 5.56 Å². The summed E-state index contributed by atoms with van der Waals surface area (Å²) < 4.78 is 1.62. The number of nitrogens with zero attached hydrogens (tertiary/aromatic N) is 2. The summed E-state index contributed by atoms with van der Waals surface area (Å²) in [6.07, 6.45) is 6.09. The Morgan fingerprint density at radius 1 is 1.12 bits per heavy atom. The predicted molar refractivity (Wildman–Crippen MR) is 105 cm³/mol. The van der Waals surface area contributed by atoms with Crippen LogP contribution in [0.2, 0.25) is 0 Å². The van der Waals surface area contributed by atoms with Gasteiger partial charge in [-0.15, -0.1) is 29.1 Å². The molecule has 4 rings (SSSR count). The van der Waals surface area contributed by atoms with Crippen LogP contribution in [-0.4, -0.2) is 9.55 Å². The minimum atomic E-state index is -0.0569. The molecule has 0 aliphatic carbocycles. The molecule has 0 aliphatic rings. The van der Waals surface area contributed by atoms with Gasteiger partial charge in [-0.05, 0) is 17.0 Å². The van der Waals surface area contributed by atoms with E-state index in [0.717, 1.165) is 20.8 Å². The third kappa shape index (κ3) is 2.91. The summed E-state index contributed by atoms with van der Waals surface area (Å²) in [6, 6.07) is 14.0. The molecule has 1 aromatic carbocycles. The fraction of sp³-hybridized carbons (Fsp3) is 0.100. The first-order chi connectivity index (χ1) is 12.3. The zero-order chi connectivity index (χ0) is 17.2. The molecule has 0 saturated heterocycles. The van der Waals surface area contributed by atoms with E-state index in [1.54, 1.807) is 15.9 Å². The maximum absolute atomic E-state index is 13.1. The number of aromatic nitrogens is 2. The Morgan fingerprint density at radius 2 is 1.96 bits per heavy atom. The molecule has 0 N–H and O–H groups in total. The fourth-order valence-corrected chi connectivity index (χ4v) is 4.62. The van der Waals surface area contributed by atoms with Crippen LogP contribution in [0.25, 0.3) is 20.7 Å². The van der Waals surface area contributed by atoms with Gasteiger partial charge in [0, 0.05) is 22.2 Å². The second kappa shape index (κ2) is 6.67. The highest BCUT2D eigenvalue weighted by Crippen LogP contribution is 2.33. The monoisotopic (exact) mass is 362 g/mol. The highest BCUT2D eigenvalue weighted by Gasteiger charge is 2.17. The maximum atomic E-state index is 13.1. The molecule has 3 nitrogen and oxygen atoms in total. The van der Waals surface area contributed by atoms with Gasteiger partial charge in [-0.2, -0.15) is 0 Å². The van der Waals surface area contributed by atoms with Crippen LogP contribution in [0.3, 0.4) is 0 Å². The van der Waals surface area contributed by atoms with E-state index in [-0.39, 0.29) is 12.1 Å². The molecular weight excluding hydrogens is 348 g/mol. The minimum Gasteiger partial charge on any atom is -0.284 e. The van der Waals surface area contributed by atoms with E-state index < -0.39 is 0 Å². The van der Waals surface area contributed by atoms with Crippen molar-refractivity contribution in [1.29, 1.82) is 0 Å². The van der Waals surface area contributed by atoms with Crippen LogP contribution in [-0.2, 0) is 13.0 Å². The highest BCUT2D eigenvalue weighted by atomic mass is 32.1. The zero-order valence-corrected chi connectivity index (χ0v) is 14.9. The molecule has 5 heteroatoms. The molecule has 122 valence electrons. The quantitative estimate of drug-likeness (QED) is 0.504. The standard InChI is InChI=1S/C20H14N2OS2/c1-2-10-22-17(12-14-7-4-3-5-8-14)21-19-18(20(22)23)15(13-25-19)16-9-6-11-24-16/h1,3-9,11,13H,10,12H2. The highest BCUT2D eigenvalue weighted by molar-refractivity contribution is 7.18. The minimum absolute atomic E-state index is 0.0569. The van der Waals surface area contributed by atoms with Crippen molar-refractivity contribution in [2.45, 2.75) is 13.0 Å². The summed E-state index contributed by atoms with van der Waals surface area (Å²) in [5, 5.41) is 4.69. The Kier molecular flexibility index (Phi) is 4.22. The number of hydrogen-bond acceptors (Lipinski definition) is 4. The lowest BCUT2D eigenvalue weighted by Gasteiger charge is -2.10. The third-order valence-electron chi connectivity index (χ3n) is 4.01. The lowest BCUT2D eigenvalue weighted by Crippen LogP contribution is -2.25. The van der Waals surface area contributed by atoms with E-state index in [9.17, 15) is 4.79 Å². The number of benzene rings is 1. The summed E-state index contributed by atoms with van der Waals surface area (Å²) in [5.41, 5.74) is 2.00. The first kappa shape index (κ1) is 15.8. The van der Waals surface area contributed by atoms with Crippen molar-refractivity contribution in [2.75, 3.05) is 0 Å². The molecule has 0 atom stereocenters. The molecular formula is C20H14N2OS2. The lowest BCUT2D eigenvalue weighted by atomic mass is 10.1. The van der Waals surface area contributed by atoms with Crippen LogP contribution in [0.15, 0.2) is 58.0 Å². The van der Waals surface area contributed by atoms with Crippen molar-refractivity contribution in [2.24, 2.45) is 0 Å². The SMILES string of the molecule is C#CCn1c(Cc2ccccc2)nc2scc(-c3cccs3)c2c1=O. The molecule has 0 spiro atoms. The van der Waals surface area contributed by atoms with E-state index in [1.807, 2.05) is 53.2 Å². The molecule has 0 bridgehead atoms. The van der Waals surface area contributed by atoms with Crippen LogP contribution in [0.5, 0.6) is 0 Å². The van der Waals surface area contributed by atoms with E-state index in [1.165, 1.54) is 11.3 Å². The van der Waals surface area contributed by atoms with Crippen LogP contribution < -0.4 is 5.56 Å². The Hall–Kier alpha value is -2.68. The van der Waals surface area contributed by atoms with E-state index in [0.29, 0.717) is 17.6 Å². The molecule has 0 amide bonds. The van der Waals surface area contributed by atoms with Crippen molar-refractivity contribution in [3.63, 3.8) is 0 Å². The average Bonchev–Trinajstić information content (AvgIpc) is 3.28. The van der Waals surface area contributed by atoms with Crippen molar-refractivity contribution >= 4 is 32.9 Å². The Labute approximate surface area is 153 Å². The average molecular weight is 362 g/mol. The molecule has 0 unspecified atom stereocenters. The van der Waals surface area contributed by atoms with Crippen molar-refractivity contribution in [3.8, 4) is 22.8 Å². The Balaban J connectivity index is 1.92. The largest absolute Gasteiger partial charge is 0.284 e. The number of rotatable bonds is 4. The van der Waals surface area contributed by atoms with E-state index in [4.69, 9.17) is 11.4 Å². The van der Waals surface area contributed by atoms with Gasteiger partial charge in [-0.1, -0.05) is 42.3 Å². The lowest BCUT2D eigenvalue weighted by molar-refractivity contribution is 0.721. The first-order valence-corrected chi connectivity index (χ1v) is 9.56. The molecule has 0 saturated carbocycles. The normalized spacial score (nSPS) is 10.8. The molecule has 3 aromatic heterocycles. The fourth-order valence-electron chi connectivity index (χ4n) is 2.85. The van der Waals surface area contributed by atoms with Crippen LogP contribution in [0.1, 0.15) is 11.4 Å². The number of fused-ring (bicyclic) bond motifs is 1. The molecule has 0 fully saturated rings. The van der Waals surface area contributed by atoms with Gasteiger partial charge < -0.3 is 0 Å². The summed E-state index contributed by atoms with van der Waals surface area (Å²) >= 11 is 3.13. The second-order valence-corrected chi connectivity index (χ2v) is 7.40. The first-order valence-electron chi connectivity index (χ1n) is 7.80. The van der Waals surface area contributed by atoms with Gasteiger partial charge in [-0.25, -0.2) is 4.98 Å². The molecule has 0 aliphatic heterocycles. The summed E-state index contributed by atoms with van der Waals surface area (Å²) in [5.74, 6) is 3.30. The Bertz CT molecular complexity index is 1120. The smallest absolute Gasteiger partial charge is 0.263 e. The van der Waals surface area contributed by atoms with Crippen molar-refractivity contribution in [3.05, 3.63) is 75.0 Å². The molecule has 4 aromatic rings. The summed E-state index contributed by atoms with van der Waals surface area (Å²) in [7, 11) is 0. The topological polar surface area (TPSA) is 34.9 Å². The number of terminal acetylenes is 1. The summed E-state index contributed by atoms with van der Waals surface area (Å²) in [4.78, 5) is 19.8. The van der Waals surface area contributed by atoms with Gasteiger partial charge >= 0.3 is 0 Å². The van der Waals surface area contributed by atoms with E-state index >= 15 is 0 Å². The zero-order valence-electron chi connectivity index (χ0n) is 13.3. The molecule has 0 radical (unpaired) electrons. The maximum Gasteiger partial charge on any atom is 0.263 e. The van der Waals surface area contributed by atoms with Crippen LogP contribution in [0, 0.1) is 12.3 Å². The molecule has 25 heavy (non-hydrogen) atoms. The van der Waals surface area contributed by atoms with Crippen molar-refractivity contribution in [1.82, 2.24) is 9.55 Å². The Morgan fingerprint density at radius 3 is 2.68 bits per heavy atom. The van der Waals surface area contributed by atoms with Crippen LogP contribution in [0.4, 0.5) is 0 Å². The van der Waals surface area contributed by atoms with Gasteiger partial charge in [-0.3, -0.25) is 9.36 Å². The van der Waals surface area contributed by atoms with Gasteiger partial charge in [0.05, 0.1) is 11.9 Å². The number of thiophene rings is 2. The van der Waals surface area contributed by atoms with Gasteiger partial charge in [0.1, 0.15) is 10.7 Å². The second-order valence-electron chi connectivity index (χ2n) is 5.59. The van der Waals surface area contributed by atoms with Gasteiger partial charge in [0.2, 0.25) is 0 Å².